The molecular formula is C15H22O4. The molecule has 1 N–H and O–H groups in total. The quantitative estimate of drug-likeness (QED) is 0.820. The van der Waals surface area contributed by atoms with Gasteiger partial charge in [-0.05, 0) is 29.7 Å². The number of rotatable bonds is 7. The molecule has 0 aromatic heterocycles. The fraction of sp³-hybridized carbons (Fsp3) is 0.533. The molecule has 0 aliphatic carbocycles. The summed E-state index contributed by atoms with van der Waals surface area (Å²) in [5, 5.41) is 9.12. The van der Waals surface area contributed by atoms with Crippen LogP contribution in [0.3, 0.4) is 0 Å². The molecule has 0 heterocycles. The van der Waals surface area contributed by atoms with Gasteiger partial charge < -0.3 is 14.6 Å². The van der Waals surface area contributed by atoms with Gasteiger partial charge in [0.2, 0.25) is 0 Å². The van der Waals surface area contributed by atoms with Gasteiger partial charge in [0.15, 0.2) is 11.5 Å². The van der Waals surface area contributed by atoms with E-state index in [9.17, 15) is 4.79 Å². The number of benzene rings is 1. The summed E-state index contributed by atoms with van der Waals surface area (Å²) in [6.07, 6.45) is 0.856. The van der Waals surface area contributed by atoms with Crippen molar-refractivity contribution in [3.8, 4) is 11.5 Å². The van der Waals surface area contributed by atoms with E-state index in [0.717, 1.165) is 11.1 Å². The average molecular weight is 266 g/mol. The van der Waals surface area contributed by atoms with E-state index >= 15 is 0 Å². The third kappa shape index (κ3) is 3.96. The Morgan fingerprint density at radius 1 is 1.16 bits per heavy atom. The number of aliphatic hydroxyl groups excluding tert-OH is 1. The third-order valence-corrected chi connectivity index (χ3v) is 3.10. The lowest BCUT2D eigenvalue weighted by Crippen LogP contribution is -2.12. The summed E-state index contributed by atoms with van der Waals surface area (Å²) >= 11 is 0. The molecule has 0 bridgehead atoms. The Bertz CT molecular complexity index is 438. The second kappa shape index (κ2) is 7.14. The molecule has 106 valence electrons. The molecule has 4 heteroatoms. The van der Waals surface area contributed by atoms with E-state index in [1.807, 2.05) is 26.0 Å². The maximum atomic E-state index is 11.9. The van der Waals surface area contributed by atoms with Gasteiger partial charge in [-0.3, -0.25) is 4.79 Å². The summed E-state index contributed by atoms with van der Waals surface area (Å²) in [5.74, 6) is 1.39. The minimum absolute atomic E-state index is 0.00456. The van der Waals surface area contributed by atoms with Crippen LogP contribution in [0, 0.1) is 5.92 Å². The summed E-state index contributed by atoms with van der Waals surface area (Å²) in [5.41, 5.74) is 1.82. The number of ether oxygens (including phenoxy) is 2. The predicted molar refractivity (Wildman–Crippen MR) is 73.9 cm³/mol. The normalized spacial score (nSPS) is 10.6. The Morgan fingerprint density at radius 2 is 1.68 bits per heavy atom. The number of hydrogen-bond donors (Lipinski definition) is 1. The summed E-state index contributed by atoms with van der Waals surface area (Å²) in [6, 6.07) is 3.65. The number of aliphatic hydroxyl groups is 1. The van der Waals surface area contributed by atoms with Crippen molar-refractivity contribution in [3.05, 3.63) is 23.3 Å². The van der Waals surface area contributed by atoms with E-state index < -0.39 is 0 Å². The lowest BCUT2D eigenvalue weighted by molar-refractivity contribution is -0.121. The van der Waals surface area contributed by atoms with Crippen molar-refractivity contribution < 1.29 is 19.4 Å². The van der Waals surface area contributed by atoms with Crippen molar-refractivity contribution in [1.82, 2.24) is 0 Å². The van der Waals surface area contributed by atoms with Gasteiger partial charge in [-0.15, -0.1) is 0 Å². The summed E-state index contributed by atoms with van der Waals surface area (Å²) in [7, 11) is 3.14. The topological polar surface area (TPSA) is 55.8 Å². The molecule has 1 rings (SSSR count). The Labute approximate surface area is 114 Å². The van der Waals surface area contributed by atoms with Crippen molar-refractivity contribution in [2.75, 3.05) is 20.8 Å². The van der Waals surface area contributed by atoms with Crippen molar-refractivity contribution >= 4 is 5.78 Å². The highest BCUT2D eigenvalue weighted by atomic mass is 16.5. The number of hydrogen-bond acceptors (Lipinski definition) is 4. The van der Waals surface area contributed by atoms with Crippen LogP contribution < -0.4 is 9.47 Å². The molecule has 0 fully saturated rings. The number of carbonyl (C=O) groups is 1. The van der Waals surface area contributed by atoms with E-state index in [4.69, 9.17) is 14.6 Å². The van der Waals surface area contributed by atoms with Gasteiger partial charge >= 0.3 is 0 Å². The molecule has 0 saturated heterocycles. The van der Waals surface area contributed by atoms with E-state index in [1.165, 1.54) is 0 Å². The maximum absolute atomic E-state index is 11.9. The van der Waals surface area contributed by atoms with Gasteiger partial charge in [0.25, 0.3) is 0 Å². The first-order valence-corrected chi connectivity index (χ1v) is 6.40. The minimum Gasteiger partial charge on any atom is -0.493 e. The van der Waals surface area contributed by atoms with Crippen LogP contribution >= 0.6 is 0 Å². The molecule has 0 amide bonds. The highest BCUT2D eigenvalue weighted by molar-refractivity contribution is 5.83. The molecule has 0 radical (unpaired) electrons. The molecule has 19 heavy (non-hydrogen) atoms. The first-order valence-electron chi connectivity index (χ1n) is 6.40. The van der Waals surface area contributed by atoms with Crippen LogP contribution in [0.4, 0.5) is 0 Å². The van der Waals surface area contributed by atoms with Gasteiger partial charge in [0.1, 0.15) is 5.78 Å². The number of Topliss-reactive ketones (excluding diaryl/α,β-unsaturated/α-hetero) is 1. The predicted octanol–water partition coefficient (Wildman–Crippen LogP) is 2.01. The monoisotopic (exact) mass is 266 g/mol. The first kappa shape index (κ1) is 15.5. The molecule has 0 aliphatic rings. The van der Waals surface area contributed by atoms with Crippen molar-refractivity contribution in [1.29, 1.82) is 0 Å². The Balaban J connectivity index is 3.15. The van der Waals surface area contributed by atoms with Gasteiger partial charge in [0.05, 0.1) is 14.2 Å². The van der Waals surface area contributed by atoms with Crippen LogP contribution in [0.2, 0.25) is 0 Å². The van der Waals surface area contributed by atoms with Crippen LogP contribution in [0.15, 0.2) is 12.1 Å². The first-order chi connectivity index (χ1) is 9.03. The fourth-order valence-corrected chi connectivity index (χ4v) is 1.87. The van der Waals surface area contributed by atoms with Crippen LogP contribution in [0.25, 0.3) is 0 Å². The van der Waals surface area contributed by atoms with E-state index in [0.29, 0.717) is 24.3 Å². The molecule has 0 unspecified atom stereocenters. The number of carbonyl (C=O) groups excluding carboxylic acids is 1. The zero-order chi connectivity index (χ0) is 14.4. The van der Waals surface area contributed by atoms with E-state index in [1.54, 1.807) is 14.2 Å². The van der Waals surface area contributed by atoms with Gasteiger partial charge in [-0.1, -0.05) is 13.8 Å². The molecule has 1 aromatic rings. The largest absolute Gasteiger partial charge is 0.493 e. The lowest BCUT2D eigenvalue weighted by Gasteiger charge is -2.15. The van der Waals surface area contributed by atoms with E-state index in [-0.39, 0.29) is 18.3 Å². The van der Waals surface area contributed by atoms with Crippen LogP contribution in [0.5, 0.6) is 11.5 Å². The molecular weight excluding hydrogens is 244 g/mol. The van der Waals surface area contributed by atoms with Gasteiger partial charge in [0, 0.05) is 18.9 Å². The smallest absolute Gasteiger partial charge is 0.161 e. The summed E-state index contributed by atoms with van der Waals surface area (Å²) in [6.45, 7) is 3.81. The van der Waals surface area contributed by atoms with Crippen molar-refractivity contribution in [3.63, 3.8) is 0 Å². The molecule has 4 nitrogen and oxygen atoms in total. The molecule has 0 aliphatic heterocycles. The summed E-state index contributed by atoms with van der Waals surface area (Å²) in [4.78, 5) is 11.9. The molecule has 0 saturated carbocycles. The number of methoxy groups -OCH3 is 2. The Morgan fingerprint density at radius 3 is 2.11 bits per heavy atom. The van der Waals surface area contributed by atoms with Gasteiger partial charge in [-0.2, -0.15) is 0 Å². The van der Waals surface area contributed by atoms with Gasteiger partial charge in [-0.25, -0.2) is 0 Å². The second-order valence-electron chi connectivity index (χ2n) is 4.75. The molecule has 0 spiro atoms. The maximum Gasteiger partial charge on any atom is 0.161 e. The van der Waals surface area contributed by atoms with Crippen LogP contribution in [-0.2, 0) is 17.6 Å². The number of ketones is 1. The zero-order valence-electron chi connectivity index (χ0n) is 12.0. The SMILES string of the molecule is COc1cc(CCO)c(CC(=O)C(C)C)cc1OC. The molecule has 0 atom stereocenters. The van der Waals surface area contributed by atoms with Crippen LogP contribution in [0.1, 0.15) is 25.0 Å². The Kier molecular flexibility index (Phi) is 5.83. The fourth-order valence-electron chi connectivity index (χ4n) is 1.87. The van der Waals surface area contributed by atoms with Crippen molar-refractivity contribution in [2.24, 2.45) is 5.92 Å². The summed E-state index contributed by atoms with van der Waals surface area (Å²) < 4.78 is 10.5. The zero-order valence-corrected chi connectivity index (χ0v) is 12.0. The lowest BCUT2D eigenvalue weighted by atomic mass is 9.95. The average Bonchev–Trinajstić information content (AvgIpc) is 2.39. The highest BCUT2D eigenvalue weighted by Gasteiger charge is 2.15. The van der Waals surface area contributed by atoms with Crippen LogP contribution in [-0.4, -0.2) is 31.7 Å². The third-order valence-electron chi connectivity index (χ3n) is 3.10. The standard InChI is InChI=1S/C15H22O4/c1-10(2)13(17)7-12-9-15(19-4)14(18-3)8-11(12)5-6-16/h8-10,16H,5-7H2,1-4H3. The van der Waals surface area contributed by atoms with E-state index in [2.05, 4.69) is 0 Å². The highest BCUT2D eigenvalue weighted by Crippen LogP contribution is 2.31. The molecule has 1 aromatic carbocycles. The minimum atomic E-state index is -0.00456. The Hall–Kier alpha value is -1.55. The van der Waals surface area contributed by atoms with Crippen molar-refractivity contribution in [2.45, 2.75) is 26.7 Å². The second-order valence-corrected chi connectivity index (χ2v) is 4.75.